The quantitative estimate of drug-likeness (QED) is 0.847. The number of rotatable bonds is 2. The van der Waals surface area contributed by atoms with E-state index in [9.17, 15) is 4.79 Å². The van der Waals surface area contributed by atoms with Crippen molar-refractivity contribution in [2.75, 3.05) is 33.2 Å². The van der Waals surface area contributed by atoms with Gasteiger partial charge in [-0.05, 0) is 14.0 Å². The Kier molecular flexibility index (Phi) is 3.75. The monoisotopic (exact) mass is 285 g/mol. The molecule has 0 bridgehead atoms. The highest BCUT2D eigenvalue weighted by Crippen LogP contribution is 2.25. The minimum absolute atomic E-state index is 0.0000694. The number of aromatic nitrogens is 1. The number of carbonyl (C=O) groups excluding carboxylic acids is 1. The first-order chi connectivity index (χ1) is 10.1. The Labute approximate surface area is 124 Å². The van der Waals surface area contributed by atoms with Gasteiger partial charge in [-0.2, -0.15) is 0 Å². The van der Waals surface area contributed by atoms with Crippen LogP contribution in [0.4, 0.5) is 0 Å². The van der Waals surface area contributed by atoms with Gasteiger partial charge in [0.15, 0.2) is 5.76 Å². The minimum Gasteiger partial charge on any atom is -0.355 e. The Hall–Kier alpha value is -2.14. The van der Waals surface area contributed by atoms with E-state index in [0.717, 1.165) is 31.7 Å². The Bertz CT molecular complexity index is 625. The van der Waals surface area contributed by atoms with Gasteiger partial charge in [-0.3, -0.25) is 4.79 Å². The van der Waals surface area contributed by atoms with E-state index in [0.29, 0.717) is 11.3 Å². The molecule has 1 fully saturated rings. The van der Waals surface area contributed by atoms with Crippen LogP contribution < -0.4 is 0 Å². The molecule has 1 aliphatic rings. The summed E-state index contributed by atoms with van der Waals surface area (Å²) in [5.74, 6) is 0.554. The fourth-order valence-electron chi connectivity index (χ4n) is 2.48. The average molecular weight is 285 g/mol. The molecule has 1 aromatic heterocycles. The molecule has 0 spiro atoms. The number of piperazine rings is 1. The molecule has 2 heterocycles. The lowest BCUT2D eigenvalue weighted by atomic mass is 10.1. The van der Waals surface area contributed by atoms with E-state index >= 15 is 0 Å². The van der Waals surface area contributed by atoms with Gasteiger partial charge in [-0.25, -0.2) is 0 Å². The summed E-state index contributed by atoms with van der Waals surface area (Å²) >= 11 is 0. The van der Waals surface area contributed by atoms with E-state index in [4.69, 9.17) is 4.52 Å². The predicted molar refractivity (Wildman–Crippen MR) is 80.1 cm³/mol. The molecule has 1 aromatic carbocycles. The van der Waals surface area contributed by atoms with Crippen LogP contribution in [0.2, 0.25) is 0 Å². The Morgan fingerprint density at radius 2 is 1.81 bits per heavy atom. The number of aryl methyl sites for hydroxylation is 1. The third kappa shape index (κ3) is 2.83. The number of benzene rings is 1. The highest BCUT2D eigenvalue weighted by atomic mass is 16.5. The molecule has 0 unspecified atom stereocenters. The van der Waals surface area contributed by atoms with Gasteiger partial charge in [-0.1, -0.05) is 35.0 Å². The normalized spacial score (nSPS) is 16.2. The zero-order valence-electron chi connectivity index (χ0n) is 12.4. The number of amides is 1. The smallest absolute Gasteiger partial charge is 0.259 e. The topological polar surface area (TPSA) is 49.6 Å². The van der Waals surface area contributed by atoms with Gasteiger partial charge in [0.1, 0.15) is 5.56 Å². The van der Waals surface area contributed by atoms with Crippen LogP contribution in [0.3, 0.4) is 0 Å². The van der Waals surface area contributed by atoms with E-state index in [-0.39, 0.29) is 5.91 Å². The van der Waals surface area contributed by atoms with Crippen molar-refractivity contribution in [3.05, 3.63) is 41.6 Å². The molecule has 1 saturated heterocycles. The molecule has 0 aliphatic carbocycles. The largest absolute Gasteiger partial charge is 0.355 e. The van der Waals surface area contributed by atoms with Gasteiger partial charge in [0.05, 0.1) is 6.20 Å². The summed E-state index contributed by atoms with van der Waals surface area (Å²) < 4.78 is 5.32. The SMILES string of the molecule is Cc1ccc(-c2oncc2C(=O)N2CCN(C)CC2)cc1. The van der Waals surface area contributed by atoms with Gasteiger partial charge >= 0.3 is 0 Å². The Morgan fingerprint density at radius 1 is 1.14 bits per heavy atom. The van der Waals surface area contributed by atoms with Crippen molar-refractivity contribution in [2.45, 2.75) is 6.92 Å². The molecule has 3 rings (SSSR count). The fraction of sp³-hybridized carbons (Fsp3) is 0.375. The van der Waals surface area contributed by atoms with Gasteiger partial charge in [0, 0.05) is 31.7 Å². The van der Waals surface area contributed by atoms with E-state index < -0.39 is 0 Å². The van der Waals surface area contributed by atoms with Crippen molar-refractivity contribution in [3.8, 4) is 11.3 Å². The summed E-state index contributed by atoms with van der Waals surface area (Å²) in [6.45, 7) is 5.32. The summed E-state index contributed by atoms with van der Waals surface area (Å²) in [5, 5.41) is 3.82. The zero-order chi connectivity index (χ0) is 14.8. The van der Waals surface area contributed by atoms with Crippen molar-refractivity contribution in [1.82, 2.24) is 15.0 Å². The molecular weight excluding hydrogens is 266 g/mol. The number of hydrogen-bond donors (Lipinski definition) is 0. The number of carbonyl (C=O) groups is 1. The number of hydrogen-bond acceptors (Lipinski definition) is 4. The molecule has 1 aliphatic heterocycles. The lowest BCUT2D eigenvalue weighted by molar-refractivity contribution is 0.0664. The van der Waals surface area contributed by atoms with Crippen LogP contribution in [0.5, 0.6) is 0 Å². The van der Waals surface area contributed by atoms with Crippen molar-refractivity contribution in [3.63, 3.8) is 0 Å². The molecule has 110 valence electrons. The molecule has 5 nitrogen and oxygen atoms in total. The first-order valence-corrected chi connectivity index (χ1v) is 7.14. The first kappa shape index (κ1) is 13.8. The zero-order valence-corrected chi connectivity index (χ0v) is 12.4. The van der Waals surface area contributed by atoms with Crippen LogP contribution in [-0.2, 0) is 0 Å². The van der Waals surface area contributed by atoms with Gasteiger partial charge in [0.25, 0.3) is 5.91 Å². The molecule has 21 heavy (non-hydrogen) atoms. The van der Waals surface area contributed by atoms with Gasteiger partial charge in [-0.15, -0.1) is 0 Å². The van der Waals surface area contributed by atoms with Gasteiger partial charge < -0.3 is 14.3 Å². The molecule has 0 N–H and O–H groups in total. The van der Waals surface area contributed by atoms with Crippen LogP contribution in [-0.4, -0.2) is 54.1 Å². The first-order valence-electron chi connectivity index (χ1n) is 7.14. The average Bonchev–Trinajstić information content (AvgIpc) is 2.97. The maximum atomic E-state index is 12.6. The molecule has 2 aromatic rings. The van der Waals surface area contributed by atoms with Crippen LogP contribution >= 0.6 is 0 Å². The maximum Gasteiger partial charge on any atom is 0.259 e. The minimum atomic E-state index is -0.0000694. The van der Waals surface area contributed by atoms with E-state index in [2.05, 4.69) is 17.1 Å². The van der Waals surface area contributed by atoms with Crippen molar-refractivity contribution < 1.29 is 9.32 Å². The highest BCUT2D eigenvalue weighted by molar-refractivity contribution is 5.99. The summed E-state index contributed by atoms with van der Waals surface area (Å²) in [4.78, 5) is 16.7. The summed E-state index contributed by atoms with van der Waals surface area (Å²) in [7, 11) is 2.07. The van der Waals surface area contributed by atoms with Crippen molar-refractivity contribution in [2.24, 2.45) is 0 Å². The van der Waals surface area contributed by atoms with E-state index in [1.165, 1.54) is 11.8 Å². The standard InChI is InChI=1S/C16H19N3O2/c1-12-3-5-13(6-4-12)15-14(11-17-21-15)16(20)19-9-7-18(2)8-10-19/h3-6,11H,7-10H2,1-2H3. The number of likely N-dealkylation sites (N-methyl/N-ethyl adjacent to an activating group) is 1. The highest BCUT2D eigenvalue weighted by Gasteiger charge is 2.25. The molecule has 1 amide bonds. The summed E-state index contributed by atoms with van der Waals surface area (Å²) in [6, 6.07) is 7.91. The lowest BCUT2D eigenvalue weighted by Crippen LogP contribution is -2.47. The van der Waals surface area contributed by atoms with E-state index in [1.54, 1.807) is 0 Å². The van der Waals surface area contributed by atoms with Crippen LogP contribution in [0.15, 0.2) is 35.0 Å². The molecular formula is C16H19N3O2. The third-order valence-corrected chi connectivity index (χ3v) is 3.91. The second-order valence-corrected chi connectivity index (χ2v) is 5.53. The summed E-state index contributed by atoms with van der Waals surface area (Å²) in [6.07, 6.45) is 1.52. The predicted octanol–water partition coefficient (Wildman–Crippen LogP) is 2.04. The van der Waals surface area contributed by atoms with Crippen molar-refractivity contribution >= 4 is 5.91 Å². The third-order valence-electron chi connectivity index (χ3n) is 3.91. The van der Waals surface area contributed by atoms with Crippen LogP contribution in [0, 0.1) is 6.92 Å². The Morgan fingerprint density at radius 3 is 2.48 bits per heavy atom. The molecule has 0 saturated carbocycles. The lowest BCUT2D eigenvalue weighted by Gasteiger charge is -2.32. The second-order valence-electron chi connectivity index (χ2n) is 5.53. The molecule has 0 radical (unpaired) electrons. The van der Waals surface area contributed by atoms with Gasteiger partial charge in [0.2, 0.25) is 0 Å². The van der Waals surface area contributed by atoms with Crippen LogP contribution in [0.25, 0.3) is 11.3 Å². The van der Waals surface area contributed by atoms with Crippen LogP contribution in [0.1, 0.15) is 15.9 Å². The fourth-order valence-corrected chi connectivity index (χ4v) is 2.48. The van der Waals surface area contributed by atoms with Crippen molar-refractivity contribution in [1.29, 1.82) is 0 Å². The molecule has 5 heteroatoms. The Balaban J connectivity index is 1.85. The number of nitrogens with zero attached hydrogens (tertiary/aromatic N) is 3. The molecule has 0 atom stereocenters. The second kappa shape index (κ2) is 5.69. The summed E-state index contributed by atoms with van der Waals surface area (Å²) in [5.41, 5.74) is 2.60. The van der Waals surface area contributed by atoms with E-state index in [1.807, 2.05) is 36.1 Å². The maximum absolute atomic E-state index is 12.6.